The number of nitrogens with zero attached hydrogens (tertiary/aromatic N) is 3. The van der Waals surface area contributed by atoms with E-state index in [1.165, 1.54) is 6.33 Å². The number of rotatable bonds is 6. The summed E-state index contributed by atoms with van der Waals surface area (Å²) in [6.45, 7) is 1.29. The lowest BCUT2D eigenvalue weighted by Crippen LogP contribution is -2.43. The van der Waals surface area contributed by atoms with Gasteiger partial charge in [-0.2, -0.15) is 0 Å². The normalized spacial score (nSPS) is 15.6. The van der Waals surface area contributed by atoms with Gasteiger partial charge in [0.25, 0.3) is 0 Å². The van der Waals surface area contributed by atoms with Crippen molar-refractivity contribution >= 4 is 16.7 Å². The summed E-state index contributed by atoms with van der Waals surface area (Å²) in [5.41, 5.74) is 0.666. The van der Waals surface area contributed by atoms with Crippen LogP contribution in [0, 0.1) is 0 Å². The first kappa shape index (κ1) is 21.0. The third-order valence-electron chi connectivity index (χ3n) is 5.93. The van der Waals surface area contributed by atoms with Crippen molar-refractivity contribution in [3.05, 3.63) is 42.2 Å². The first-order valence-electron chi connectivity index (χ1n) is 10.1. The molecule has 0 radical (unpaired) electrons. The molecule has 4 rings (SSSR count). The van der Waals surface area contributed by atoms with E-state index in [0.717, 1.165) is 22.5 Å². The minimum Gasteiger partial charge on any atom is -0.497 e. The van der Waals surface area contributed by atoms with Crippen LogP contribution in [0.2, 0.25) is 0 Å². The smallest absolute Gasteiger partial charge is 0.205 e. The summed E-state index contributed by atoms with van der Waals surface area (Å²) in [5, 5.41) is 12.1. The molecule has 0 bridgehead atoms. The molecule has 0 unspecified atom stereocenters. The van der Waals surface area contributed by atoms with Crippen LogP contribution in [0.1, 0.15) is 18.4 Å². The molecule has 0 aliphatic carbocycles. The first-order valence-corrected chi connectivity index (χ1v) is 10.1. The lowest BCUT2D eigenvalue weighted by atomic mass is 9.84. The zero-order valence-corrected chi connectivity index (χ0v) is 18.2. The molecule has 0 atom stereocenters. The van der Waals surface area contributed by atoms with Crippen molar-refractivity contribution in [1.29, 1.82) is 0 Å². The van der Waals surface area contributed by atoms with Crippen LogP contribution in [0.15, 0.2) is 36.7 Å². The predicted octanol–water partition coefficient (Wildman–Crippen LogP) is 3.15. The highest BCUT2D eigenvalue weighted by Crippen LogP contribution is 2.45. The summed E-state index contributed by atoms with van der Waals surface area (Å²) in [7, 11) is 6.36. The standard InChI is InChI=1S/C23H27N3O5/c1-28-16-7-5-15(6-8-16)23(27)9-11-26(12-10-23)22-17-13-18(29-2)20(30-3)21(31-4)19(17)24-14-25-22/h5-8,13-14,27H,9-12H2,1-4H3. The van der Waals surface area contributed by atoms with Gasteiger partial charge < -0.3 is 29.0 Å². The molecule has 1 fully saturated rings. The van der Waals surface area contributed by atoms with Gasteiger partial charge in [0.2, 0.25) is 5.75 Å². The summed E-state index contributed by atoms with van der Waals surface area (Å²) in [6.07, 6.45) is 2.68. The molecule has 2 heterocycles. The Morgan fingerprint density at radius 3 is 2.13 bits per heavy atom. The number of hydrogen-bond donors (Lipinski definition) is 1. The fourth-order valence-electron chi connectivity index (χ4n) is 4.18. The van der Waals surface area contributed by atoms with Crippen LogP contribution < -0.4 is 23.8 Å². The molecule has 31 heavy (non-hydrogen) atoms. The number of fused-ring (bicyclic) bond motifs is 1. The minimum atomic E-state index is -0.885. The number of methoxy groups -OCH3 is 4. The fraction of sp³-hybridized carbons (Fsp3) is 0.391. The second-order valence-electron chi connectivity index (χ2n) is 7.49. The molecule has 164 valence electrons. The Morgan fingerprint density at radius 2 is 1.55 bits per heavy atom. The number of aliphatic hydroxyl groups is 1. The molecule has 1 saturated heterocycles. The van der Waals surface area contributed by atoms with E-state index in [2.05, 4.69) is 14.9 Å². The molecule has 0 spiro atoms. The number of benzene rings is 2. The van der Waals surface area contributed by atoms with Crippen molar-refractivity contribution in [2.24, 2.45) is 0 Å². The van der Waals surface area contributed by atoms with Crippen LogP contribution in [0.3, 0.4) is 0 Å². The Balaban J connectivity index is 1.66. The largest absolute Gasteiger partial charge is 0.497 e. The van der Waals surface area contributed by atoms with Gasteiger partial charge in [0, 0.05) is 13.1 Å². The molecule has 1 N–H and O–H groups in total. The van der Waals surface area contributed by atoms with Crippen molar-refractivity contribution in [1.82, 2.24) is 9.97 Å². The Kier molecular flexibility index (Phi) is 5.73. The van der Waals surface area contributed by atoms with Gasteiger partial charge in [0.1, 0.15) is 23.4 Å². The van der Waals surface area contributed by atoms with Gasteiger partial charge in [-0.15, -0.1) is 0 Å². The van der Waals surface area contributed by atoms with Gasteiger partial charge in [-0.1, -0.05) is 12.1 Å². The van der Waals surface area contributed by atoms with Gasteiger partial charge in [0.05, 0.1) is 39.4 Å². The molecule has 8 heteroatoms. The average Bonchev–Trinajstić information content (AvgIpc) is 2.82. The van der Waals surface area contributed by atoms with E-state index in [0.29, 0.717) is 48.7 Å². The Bertz CT molecular complexity index is 1060. The molecule has 3 aromatic rings. The first-order chi connectivity index (χ1) is 15.0. The third kappa shape index (κ3) is 3.67. The zero-order chi connectivity index (χ0) is 22.0. The maximum atomic E-state index is 11.3. The summed E-state index contributed by atoms with van der Waals surface area (Å²) in [5.74, 6) is 3.10. The molecule has 0 saturated carbocycles. The molecule has 0 amide bonds. The number of hydrogen-bond acceptors (Lipinski definition) is 8. The molecule has 1 aliphatic rings. The summed E-state index contributed by atoms with van der Waals surface area (Å²) >= 11 is 0. The van der Waals surface area contributed by atoms with Crippen LogP contribution in [0.4, 0.5) is 5.82 Å². The van der Waals surface area contributed by atoms with Gasteiger partial charge in [-0.25, -0.2) is 9.97 Å². The predicted molar refractivity (Wildman–Crippen MR) is 118 cm³/mol. The van der Waals surface area contributed by atoms with E-state index in [1.54, 1.807) is 28.4 Å². The van der Waals surface area contributed by atoms with Crippen LogP contribution in [-0.4, -0.2) is 56.6 Å². The Morgan fingerprint density at radius 1 is 0.871 bits per heavy atom. The van der Waals surface area contributed by atoms with E-state index in [-0.39, 0.29) is 0 Å². The van der Waals surface area contributed by atoms with Crippen LogP contribution in [-0.2, 0) is 5.60 Å². The Labute approximate surface area is 181 Å². The maximum Gasteiger partial charge on any atom is 0.205 e. The summed E-state index contributed by atoms with van der Waals surface area (Å²) in [6, 6.07) is 9.48. The van der Waals surface area contributed by atoms with Crippen molar-refractivity contribution in [2.45, 2.75) is 18.4 Å². The monoisotopic (exact) mass is 425 g/mol. The van der Waals surface area contributed by atoms with E-state index >= 15 is 0 Å². The van der Waals surface area contributed by atoms with Gasteiger partial charge in [-0.3, -0.25) is 0 Å². The molecular formula is C23H27N3O5. The quantitative estimate of drug-likeness (QED) is 0.645. The molecule has 8 nitrogen and oxygen atoms in total. The topological polar surface area (TPSA) is 86.2 Å². The van der Waals surface area contributed by atoms with Gasteiger partial charge in [0.15, 0.2) is 11.5 Å². The van der Waals surface area contributed by atoms with E-state index < -0.39 is 5.60 Å². The lowest BCUT2D eigenvalue weighted by Gasteiger charge is -2.39. The maximum absolute atomic E-state index is 11.3. The molecule has 1 aliphatic heterocycles. The van der Waals surface area contributed by atoms with E-state index in [4.69, 9.17) is 18.9 Å². The SMILES string of the molecule is COc1ccc(C2(O)CCN(c3ncnc4c(OC)c(OC)c(OC)cc34)CC2)cc1. The van der Waals surface area contributed by atoms with Crippen LogP contribution in [0.5, 0.6) is 23.0 Å². The highest BCUT2D eigenvalue weighted by Gasteiger charge is 2.35. The second-order valence-corrected chi connectivity index (χ2v) is 7.49. The highest BCUT2D eigenvalue weighted by atomic mass is 16.5. The minimum absolute atomic E-state index is 0.495. The van der Waals surface area contributed by atoms with Crippen LogP contribution >= 0.6 is 0 Å². The number of aromatic nitrogens is 2. The van der Waals surface area contributed by atoms with E-state index in [9.17, 15) is 5.11 Å². The van der Waals surface area contributed by atoms with Gasteiger partial charge in [-0.05, 0) is 36.6 Å². The van der Waals surface area contributed by atoms with Crippen molar-refractivity contribution in [3.8, 4) is 23.0 Å². The summed E-state index contributed by atoms with van der Waals surface area (Å²) in [4.78, 5) is 11.1. The van der Waals surface area contributed by atoms with Crippen molar-refractivity contribution < 1.29 is 24.1 Å². The average molecular weight is 425 g/mol. The van der Waals surface area contributed by atoms with Crippen LogP contribution in [0.25, 0.3) is 10.9 Å². The second kappa shape index (κ2) is 8.47. The molecular weight excluding hydrogens is 398 g/mol. The Hall–Kier alpha value is -3.26. The van der Waals surface area contributed by atoms with Crippen molar-refractivity contribution in [2.75, 3.05) is 46.4 Å². The summed E-state index contributed by atoms with van der Waals surface area (Å²) < 4.78 is 21.8. The van der Waals surface area contributed by atoms with Gasteiger partial charge >= 0.3 is 0 Å². The highest BCUT2D eigenvalue weighted by molar-refractivity contribution is 5.97. The zero-order valence-electron chi connectivity index (χ0n) is 18.2. The van der Waals surface area contributed by atoms with Crippen molar-refractivity contribution in [3.63, 3.8) is 0 Å². The fourth-order valence-corrected chi connectivity index (χ4v) is 4.18. The van der Waals surface area contributed by atoms with E-state index in [1.807, 2.05) is 30.3 Å². The number of ether oxygens (including phenoxy) is 4. The third-order valence-corrected chi connectivity index (χ3v) is 5.93. The lowest BCUT2D eigenvalue weighted by molar-refractivity contribution is 0.0117. The number of piperidine rings is 1. The molecule has 1 aromatic heterocycles. The molecule has 2 aromatic carbocycles. The number of anilines is 1.